The maximum atomic E-state index is 12.2. The second-order valence-corrected chi connectivity index (χ2v) is 6.60. The topological polar surface area (TPSA) is 112 Å². The van der Waals surface area contributed by atoms with Crippen LogP contribution in [0.5, 0.6) is 0 Å². The summed E-state index contributed by atoms with van der Waals surface area (Å²) >= 11 is 5.84. The lowest BCUT2D eigenvalue weighted by molar-refractivity contribution is -0.136. The van der Waals surface area contributed by atoms with Crippen molar-refractivity contribution in [3.8, 4) is 0 Å². The SMILES string of the molecule is NC1=C(Cl)C(=O)N(CC(=O)NC2CCC(N3CCOCC3)=NC2)NC1. The van der Waals surface area contributed by atoms with Crippen molar-refractivity contribution in [3.05, 3.63) is 10.7 Å². The number of morpholine rings is 1. The molecule has 0 aromatic heterocycles. The number of hydrogen-bond donors (Lipinski definition) is 3. The number of rotatable bonds is 3. The molecule has 0 aromatic rings. The van der Waals surface area contributed by atoms with Crippen LogP contribution in [0.25, 0.3) is 0 Å². The predicted octanol–water partition coefficient (Wildman–Crippen LogP) is -1.25. The van der Waals surface area contributed by atoms with Crippen LogP contribution in [0.3, 0.4) is 0 Å². The standard InChI is InChI=1S/C15H23ClN6O3/c16-14-11(17)8-19-22(15(14)24)9-13(23)20-10-1-2-12(18-7-10)21-3-5-25-6-4-21/h10,19H,1-9,17H2,(H,20,23). The van der Waals surface area contributed by atoms with Crippen molar-refractivity contribution in [2.24, 2.45) is 10.7 Å². The Morgan fingerprint density at radius 3 is 2.88 bits per heavy atom. The fraction of sp³-hybridized carbons (Fsp3) is 0.667. The molecule has 0 bridgehead atoms. The molecular formula is C15H23ClN6O3. The lowest BCUT2D eigenvalue weighted by Crippen LogP contribution is -2.54. The molecule has 2 amide bonds. The minimum atomic E-state index is -0.489. The third-order valence-corrected chi connectivity index (χ3v) is 4.83. The summed E-state index contributed by atoms with van der Waals surface area (Å²) in [5.41, 5.74) is 8.65. The van der Waals surface area contributed by atoms with Crippen molar-refractivity contribution in [1.29, 1.82) is 0 Å². The Kier molecular flexibility index (Phi) is 5.77. The van der Waals surface area contributed by atoms with E-state index in [4.69, 9.17) is 22.1 Å². The third kappa shape index (κ3) is 4.42. The number of hydrazine groups is 1. The van der Waals surface area contributed by atoms with Crippen molar-refractivity contribution < 1.29 is 14.3 Å². The molecule has 9 nitrogen and oxygen atoms in total. The average molecular weight is 371 g/mol. The highest BCUT2D eigenvalue weighted by Crippen LogP contribution is 2.14. The van der Waals surface area contributed by atoms with Gasteiger partial charge in [0.2, 0.25) is 5.91 Å². The normalized spacial score (nSPS) is 25.1. The molecular weight excluding hydrogens is 348 g/mol. The summed E-state index contributed by atoms with van der Waals surface area (Å²) in [5, 5.41) is 4.06. The maximum Gasteiger partial charge on any atom is 0.281 e. The smallest absolute Gasteiger partial charge is 0.281 e. The Bertz CT molecular complexity index is 602. The van der Waals surface area contributed by atoms with Crippen molar-refractivity contribution in [3.63, 3.8) is 0 Å². The monoisotopic (exact) mass is 370 g/mol. The van der Waals surface area contributed by atoms with Gasteiger partial charge in [-0.2, -0.15) is 0 Å². The summed E-state index contributed by atoms with van der Waals surface area (Å²) in [6.07, 6.45) is 1.66. The average Bonchev–Trinajstić information content (AvgIpc) is 2.63. The van der Waals surface area contributed by atoms with Gasteiger partial charge < -0.3 is 20.7 Å². The van der Waals surface area contributed by atoms with Crippen LogP contribution in [-0.4, -0.2) is 79.5 Å². The molecule has 1 atom stereocenters. The van der Waals surface area contributed by atoms with Crippen LogP contribution in [0, 0.1) is 0 Å². The molecule has 0 saturated carbocycles. The van der Waals surface area contributed by atoms with Gasteiger partial charge in [-0.25, -0.2) is 5.43 Å². The summed E-state index contributed by atoms with van der Waals surface area (Å²) in [6, 6.07) is -0.0201. The zero-order chi connectivity index (χ0) is 17.8. The Morgan fingerprint density at radius 2 is 2.20 bits per heavy atom. The number of nitrogens with one attached hydrogen (secondary N) is 2. The molecule has 138 valence electrons. The van der Waals surface area contributed by atoms with E-state index < -0.39 is 5.91 Å². The van der Waals surface area contributed by atoms with Gasteiger partial charge in [-0.15, -0.1) is 0 Å². The minimum absolute atomic E-state index is 0.0201. The van der Waals surface area contributed by atoms with E-state index >= 15 is 0 Å². The number of nitrogens with zero attached hydrogens (tertiary/aromatic N) is 3. The Hall–Kier alpha value is -1.84. The van der Waals surface area contributed by atoms with Crippen LogP contribution in [0.2, 0.25) is 0 Å². The number of halogens is 1. The molecule has 0 radical (unpaired) electrons. The number of aliphatic imine (C=N–C) groups is 1. The fourth-order valence-electron chi connectivity index (χ4n) is 3.02. The number of nitrogens with two attached hydrogens (primary N) is 1. The highest BCUT2D eigenvalue weighted by atomic mass is 35.5. The lowest BCUT2D eigenvalue weighted by Gasteiger charge is -2.33. The molecule has 0 aliphatic carbocycles. The molecule has 10 heteroatoms. The van der Waals surface area contributed by atoms with E-state index in [1.165, 1.54) is 5.01 Å². The van der Waals surface area contributed by atoms with E-state index in [0.29, 0.717) is 6.54 Å². The van der Waals surface area contributed by atoms with Crippen LogP contribution >= 0.6 is 11.6 Å². The summed E-state index contributed by atoms with van der Waals surface area (Å²) in [4.78, 5) is 31.0. The number of carbonyl (C=O) groups excluding carboxylic acids is 2. The van der Waals surface area contributed by atoms with Gasteiger partial charge in [0.15, 0.2) is 0 Å². The molecule has 0 aromatic carbocycles. The third-order valence-electron chi connectivity index (χ3n) is 4.43. The fourth-order valence-corrected chi connectivity index (χ4v) is 3.19. The highest BCUT2D eigenvalue weighted by Gasteiger charge is 2.27. The number of amidine groups is 1. The molecule has 3 aliphatic rings. The van der Waals surface area contributed by atoms with E-state index in [-0.39, 0.29) is 35.8 Å². The van der Waals surface area contributed by atoms with Gasteiger partial charge in [-0.3, -0.25) is 19.6 Å². The van der Waals surface area contributed by atoms with Crippen molar-refractivity contribution in [2.75, 3.05) is 45.9 Å². The van der Waals surface area contributed by atoms with Crippen molar-refractivity contribution in [2.45, 2.75) is 18.9 Å². The minimum Gasteiger partial charge on any atom is -0.400 e. The van der Waals surface area contributed by atoms with Crippen LogP contribution in [0.1, 0.15) is 12.8 Å². The number of carbonyl (C=O) groups is 2. The second-order valence-electron chi connectivity index (χ2n) is 6.22. The van der Waals surface area contributed by atoms with Gasteiger partial charge in [0, 0.05) is 31.2 Å². The summed E-state index contributed by atoms with van der Waals surface area (Å²) < 4.78 is 5.35. The van der Waals surface area contributed by atoms with Gasteiger partial charge in [-0.1, -0.05) is 11.6 Å². The maximum absolute atomic E-state index is 12.2. The molecule has 3 rings (SSSR count). The van der Waals surface area contributed by atoms with Crippen LogP contribution < -0.4 is 16.5 Å². The zero-order valence-corrected chi connectivity index (χ0v) is 14.7. The molecule has 4 N–H and O–H groups in total. The lowest BCUT2D eigenvalue weighted by atomic mass is 10.1. The van der Waals surface area contributed by atoms with Crippen molar-refractivity contribution in [1.82, 2.24) is 20.7 Å². The summed E-state index contributed by atoms with van der Waals surface area (Å²) in [7, 11) is 0. The molecule has 3 aliphatic heterocycles. The first-order chi connectivity index (χ1) is 12.0. The van der Waals surface area contributed by atoms with E-state index in [2.05, 4.69) is 20.6 Å². The summed E-state index contributed by atoms with van der Waals surface area (Å²) in [5.74, 6) is 0.353. The first kappa shape index (κ1) is 18.0. The van der Waals surface area contributed by atoms with E-state index in [9.17, 15) is 9.59 Å². The Balaban J connectivity index is 1.46. The van der Waals surface area contributed by atoms with Gasteiger partial charge in [0.1, 0.15) is 11.6 Å². The summed E-state index contributed by atoms with van der Waals surface area (Å²) in [6.45, 7) is 3.89. The molecule has 1 fully saturated rings. The molecule has 0 spiro atoms. The van der Waals surface area contributed by atoms with E-state index in [1.807, 2.05) is 0 Å². The molecule has 1 saturated heterocycles. The Labute approximate surface area is 151 Å². The molecule has 1 unspecified atom stereocenters. The molecule has 25 heavy (non-hydrogen) atoms. The van der Waals surface area contributed by atoms with Crippen LogP contribution in [-0.2, 0) is 14.3 Å². The van der Waals surface area contributed by atoms with Gasteiger partial charge >= 0.3 is 0 Å². The van der Waals surface area contributed by atoms with E-state index in [0.717, 1.165) is 45.0 Å². The Morgan fingerprint density at radius 1 is 1.44 bits per heavy atom. The number of amides is 2. The van der Waals surface area contributed by atoms with Gasteiger partial charge in [0.05, 0.1) is 32.1 Å². The first-order valence-electron chi connectivity index (χ1n) is 8.39. The second kappa shape index (κ2) is 8.03. The first-order valence-corrected chi connectivity index (χ1v) is 8.77. The van der Waals surface area contributed by atoms with Crippen LogP contribution in [0.15, 0.2) is 15.7 Å². The number of ether oxygens (including phenoxy) is 1. The van der Waals surface area contributed by atoms with Crippen molar-refractivity contribution >= 4 is 29.3 Å². The highest BCUT2D eigenvalue weighted by molar-refractivity contribution is 6.42. The van der Waals surface area contributed by atoms with Crippen LogP contribution in [0.4, 0.5) is 0 Å². The van der Waals surface area contributed by atoms with Gasteiger partial charge in [-0.05, 0) is 6.42 Å². The molecule has 3 heterocycles. The van der Waals surface area contributed by atoms with Gasteiger partial charge in [0.25, 0.3) is 5.91 Å². The van der Waals surface area contributed by atoms with E-state index in [1.54, 1.807) is 0 Å². The predicted molar refractivity (Wildman–Crippen MR) is 92.6 cm³/mol. The quantitative estimate of drug-likeness (QED) is 0.572. The zero-order valence-electron chi connectivity index (χ0n) is 14.0. The number of hydrogen-bond acceptors (Lipinski definition) is 7. The largest absolute Gasteiger partial charge is 0.400 e.